The van der Waals surface area contributed by atoms with E-state index in [4.69, 9.17) is 5.73 Å². The third-order valence-electron chi connectivity index (χ3n) is 0.924. The van der Waals surface area contributed by atoms with Gasteiger partial charge in [0, 0.05) is 22.5 Å². The molecule has 0 unspecified atom stereocenters. The molecular weight excluding hydrogens is 257 g/mol. The van der Waals surface area contributed by atoms with E-state index in [1.54, 1.807) is 0 Å². The fraction of sp³-hybridized carbons (Fsp3) is 0.800. The highest BCUT2D eigenvalue weighted by molar-refractivity contribution is 9.10. The van der Waals surface area contributed by atoms with Crippen molar-refractivity contribution in [3.8, 4) is 0 Å². The molecule has 0 bridgehead atoms. The average molecular weight is 268 g/mol. The number of halogens is 4. The van der Waals surface area contributed by atoms with Gasteiger partial charge in [-0.2, -0.15) is 8.78 Å². The average Bonchev–Trinajstić information content (AvgIpc) is 1.86. The number of nitrogens with two attached hydrogens (primary N) is 1. The molecule has 0 radical (unpaired) electrons. The molecule has 1 amide bonds. The van der Waals surface area contributed by atoms with Gasteiger partial charge in [-0.25, -0.2) is 0 Å². The summed E-state index contributed by atoms with van der Waals surface area (Å²) >= 11 is 1.92. The SMILES string of the molecule is Cl.NCCCNC(=O)C(F)(F)Br. The minimum Gasteiger partial charge on any atom is -0.350 e. The summed E-state index contributed by atoms with van der Waals surface area (Å²) in [6, 6.07) is 0. The van der Waals surface area contributed by atoms with Gasteiger partial charge >= 0.3 is 10.7 Å². The Balaban J connectivity index is 0. The van der Waals surface area contributed by atoms with Crippen molar-refractivity contribution in [3.05, 3.63) is 0 Å². The van der Waals surface area contributed by atoms with Crippen LogP contribution in [0.25, 0.3) is 0 Å². The standard InChI is InChI=1S/C5H9BrF2N2O.ClH/c6-5(7,8)4(11)10-3-1-2-9;/h1-3,9H2,(H,10,11);1H. The first-order valence-corrected chi connectivity index (χ1v) is 3.83. The number of carbonyl (C=O) groups is 1. The highest BCUT2D eigenvalue weighted by Crippen LogP contribution is 2.20. The van der Waals surface area contributed by atoms with E-state index in [1.807, 2.05) is 21.2 Å². The van der Waals surface area contributed by atoms with Gasteiger partial charge in [0.1, 0.15) is 0 Å². The quantitative estimate of drug-likeness (QED) is 0.586. The number of amides is 1. The molecule has 0 saturated carbocycles. The summed E-state index contributed by atoms with van der Waals surface area (Å²) in [6.45, 7) is 0.546. The van der Waals surface area contributed by atoms with Crippen LogP contribution in [0.3, 0.4) is 0 Å². The smallest absolute Gasteiger partial charge is 0.350 e. The molecule has 0 atom stereocenters. The molecule has 0 saturated heterocycles. The fourth-order valence-corrected chi connectivity index (χ4v) is 0.544. The molecule has 0 spiro atoms. The van der Waals surface area contributed by atoms with Crippen LogP contribution in [0.5, 0.6) is 0 Å². The molecule has 3 N–H and O–H groups in total. The van der Waals surface area contributed by atoms with Crippen molar-refractivity contribution < 1.29 is 13.6 Å². The first kappa shape index (κ1) is 14.6. The number of hydrogen-bond acceptors (Lipinski definition) is 2. The molecule has 0 fully saturated rings. The van der Waals surface area contributed by atoms with E-state index in [1.165, 1.54) is 0 Å². The largest absolute Gasteiger partial charge is 0.377 e. The monoisotopic (exact) mass is 266 g/mol. The lowest BCUT2D eigenvalue weighted by Gasteiger charge is -2.07. The van der Waals surface area contributed by atoms with Gasteiger partial charge in [0.25, 0.3) is 0 Å². The Morgan fingerprint density at radius 2 is 2.08 bits per heavy atom. The van der Waals surface area contributed by atoms with Crippen molar-refractivity contribution in [2.75, 3.05) is 13.1 Å². The van der Waals surface area contributed by atoms with Crippen molar-refractivity contribution in [3.63, 3.8) is 0 Å². The number of hydrogen-bond donors (Lipinski definition) is 2. The van der Waals surface area contributed by atoms with Crippen LogP contribution < -0.4 is 11.1 Å². The summed E-state index contributed by atoms with van der Waals surface area (Å²) < 4.78 is 24.0. The van der Waals surface area contributed by atoms with Crippen molar-refractivity contribution >= 4 is 34.2 Å². The summed E-state index contributed by atoms with van der Waals surface area (Å²) in [4.78, 5) is 6.92. The molecule has 7 heteroatoms. The molecule has 0 aromatic rings. The highest BCUT2D eigenvalue weighted by Gasteiger charge is 2.34. The Kier molecular flexibility index (Phi) is 7.97. The van der Waals surface area contributed by atoms with Crippen LogP contribution in [0.4, 0.5) is 8.78 Å². The maximum atomic E-state index is 12.0. The zero-order valence-electron chi connectivity index (χ0n) is 6.15. The summed E-state index contributed by atoms with van der Waals surface area (Å²) in [6.07, 6.45) is 0.495. The number of nitrogens with one attached hydrogen (secondary N) is 1. The van der Waals surface area contributed by atoms with Crippen LogP contribution in [0.1, 0.15) is 6.42 Å². The zero-order valence-corrected chi connectivity index (χ0v) is 8.55. The molecule has 3 nitrogen and oxygen atoms in total. The summed E-state index contributed by atoms with van der Waals surface area (Å²) in [5, 5.41) is 2.01. The summed E-state index contributed by atoms with van der Waals surface area (Å²) in [5.74, 6) is -1.33. The first-order valence-electron chi connectivity index (χ1n) is 3.03. The van der Waals surface area contributed by atoms with Crippen molar-refractivity contribution in [2.24, 2.45) is 5.73 Å². The zero-order chi connectivity index (χ0) is 8.91. The molecule has 0 rings (SSSR count). The van der Waals surface area contributed by atoms with Crippen LogP contribution in [0.2, 0.25) is 0 Å². The topological polar surface area (TPSA) is 55.1 Å². The van der Waals surface area contributed by atoms with Gasteiger partial charge in [0.05, 0.1) is 0 Å². The van der Waals surface area contributed by atoms with Gasteiger partial charge in [0.15, 0.2) is 0 Å². The van der Waals surface area contributed by atoms with Gasteiger partial charge in [0.2, 0.25) is 0 Å². The van der Waals surface area contributed by atoms with E-state index in [0.29, 0.717) is 13.0 Å². The van der Waals surface area contributed by atoms with Crippen LogP contribution in [0.15, 0.2) is 0 Å². The van der Waals surface area contributed by atoms with Gasteiger partial charge in [-0.1, -0.05) is 0 Å². The Labute approximate surface area is 83.6 Å². The normalized spacial score (nSPS) is 10.3. The van der Waals surface area contributed by atoms with Crippen molar-refractivity contribution in [2.45, 2.75) is 11.3 Å². The third kappa shape index (κ3) is 6.75. The lowest BCUT2D eigenvalue weighted by molar-refractivity contribution is -0.134. The Hall–Kier alpha value is 0.0600. The molecule has 0 aliphatic heterocycles. The predicted molar refractivity (Wildman–Crippen MR) is 47.8 cm³/mol. The Bertz CT molecular complexity index is 142. The minimum absolute atomic E-state index is 0. The molecule has 12 heavy (non-hydrogen) atoms. The maximum Gasteiger partial charge on any atom is 0.377 e. The number of carbonyl (C=O) groups excluding carboxylic acids is 1. The van der Waals surface area contributed by atoms with E-state index in [9.17, 15) is 13.6 Å². The van der Waals surface area contributed by atoms with E-state index in [-0.39, 0.29) is 19.0 Å². The Morgan fingerprint density at radius 1 is 1.58 bits per heavy atom. The maximum absolute atomic E-state index is 12.0. The minimum atomic E-state index is -3.47. The Morgan fingerprint density at radius 3 is 2.42 bits per heavy atom. The summed E-state index contributed by atoms with van der Waals surface area (Å²) in [5.41, 5.74) is 5.07. The van der Waals surface area contributed by atoms with Gasteiger partial charge in [-0.05, 0) is 13.0 Å². The third-order valence-corrected chi connectivity index (χ3v) is 1.28. The van der Waals surface area contributed by atoms with Crippen LogP contribution in [-0.2, 0) is 4.79 Å². The highest BCUT2D eigenvalue weighted by atomic mass is 79.9. The summed E-state index contributed by atoms with van der Waals surface area (Å²) in [7, 11) is 0. The van der Waals surface area contributed by atoms with Crippen molar-refractivity contribution in [1.29, 1.82) is 0 Å². The van der Waals surface area contributed by atoms with Gasteiger partial charge in [-0.15, -0.1) is 12.4 Å². The number of rotatable bonds is 4. The lowest BCUT2D eigenvalue weighted by atomic mass is 10.4. The van der Waals surface area contributed by atoms with Gasteiger partial charge in [-0.3, -0.25) is 4.79 Å². The molecule has 0 aromatic heterocycles. The molecule has 0 aromatic carbocycles. The molecule has 0 aliphatic carbocycles. The molecule has 0 heterocycles. The first-order chi connectivity index (χ1) is 4.98. The van der Waals surface area contributed by atoms with Crippen LogP contribution in [-0.4, -0.2) is 23.8 Å². The van der Waals surface area contributed by atoms with E-state index >= 15 is 0 Å². The fourth-order valence-electron chi connectivity index (χ4n) is 0.404. The number of alkyl halides is 3. The van der Waals surface area contributed by atoms with Gasteiger partial charge < -0.3 is 11.1 Å². The predicted octanol–water partition coefficient (Wildman–Crippen LogP) is 0.861. The molecule has 0 aliphatic rings. The van der Waals surface area contributed by atoms with E-state index < -0.39 is 10.7 Å². The van der Waals surface area contributed by atoms with Crippen LogP contribution in [0, 0.1) is 0 Å². The molecule has 74 valence electrons. The second kappa shape index (κ2) is 6.56. The second-order valence-corrected chi connectivity index (χ2v) is 2.89. The lowest BCUT2D eigenvalue weighted by Crippen LogP contribution is -2.36. The van der Waals surface area contributed by atoms with E-state index in [2.05, 4.69) is 0 Å². The molecular formula is C5H10BrClF2N2O. The second-order valence-electron chi connectivity index (χ2n) is 1.90. The van der Waals surface area contributed by atoms with E-state index in [0.717, 1.165) is 0 Å². The van der Waals surface area contributed by atoms with Crippen LogP contribution >= 0.6 is 28.3 Å². The van der Waals surface area contributed by atoms with Crippen molar-refractivity contribution in [1.82, 2.24) is 5.32 Å².